The molecule has 4 N–H and O–H groups in total. The lowest BCUT2D eigenvalue weighted by Gasteiger charge is -2.21. The predicted molar refractivity (Wildman–Crippen MR) is 57.0 cm³/mol. The lowest BCUT2D eigenvalue weighted by atomic mass is 10.1. The van der Waals surface area contributed by atoms with Crippen molar-refractivity contribution in [3.8, 4) is 0 Å². The van der Waals surface area contributed by atoms with Crippen LogP contribution in [0.2, 0.25) is 0 Å². The van der Waals surface area contributed by atoms with E-state index in [4.69, 9.17) is 6.48 Å². The molecule has 0 saturated heterocycles. The number of nitrogens with one attached hydrogen (secondary N) is 2. The Labute approximate surface area is 95.4 Å². The highest BCUT2D eigenvalue weighted by Gasteiger charge is 2.31. The van der Waals surface area contributed by atoms with Crippen LogP contribution in [0.4, 0.5) is 4.79 Å². The highest BCUT2D eigenvalue weighted by atomic mass is 16.4. The summed E-state index contributed by atoms with van der Waals surface area (Å²) in [6.07, 6.45) is -0.839. The van der Waals surface area contributed by atoms with Crippen LogP contribution >= 0.6 is 0 Å². The SMILES string of the molecule is [2H][C@@](CCC)(NC(=O)O)C(O)C(=O)NC1CC1. The van der Waals surface area contributed by atoms with Gasteiger partial charge in [-0.2, -0.15) is 0 Å². The molecule has 2 amide bonds. The molecule has 0 spiro atoms. The van der Waals surface area contributed by atoms with Crippen LogP contribution in [0.25, 0.3) is 0 Å². The summed E-state index contributed by atoms with van der Waals surface area (Å²) in [4.78, 5) is 22.2. The van der Waals surface area contributed by atoms with E-state index in [9.17, 15) is 14.7 Å². The second kappa shape index (κ2) is 5.69. The standard InChI is InChI=1S/C10H18N2O4/c1-2-3-7(12-10(15)16)8(13)9(14)11-6-4-5-6/h6-8,12-13H,2-5H2,1H3,(H,11,14)(H,15,16)/t7-,8?/m0/s1/i7D. The van der Waals surface area contributed by atoms with Crippen LogP contribution in [0, 0.1) is 0 Å². The van der Waals surface area contributed by atoms with E-state index in [0.29, 0.717) is 6.42 Å². The van der Waals surface area contributed by atoms with Crippen molar-refractivity contribution >= 4 is 12.0 Å². The van der Waals surface area contributed by atoms with Gasteiger partial charge in [-0.05, 0) is 19.3 Å². The van der Waals surface area contributed by atoms with E-state index < -0.39 is 24.1 Å². The zero-order chi connectivity index (χ0) is 13.1. The number of carbonyl (C=O) groups is 2. The van der Waals surface area contributed by atoms with Crippen LogP contribution in [0.5, 0.6) is 0 Å². The van der Waals surface area contributed by atoms with Gasteiger partial charge in [-0.3, -0.25) is 4.79 Å². The number of carbonyl (C=O) groups excluding carboxylic acids is 1. The predicted octanol–water partition coefficient (Wildman–Crippen LogP) is 0.0622. The van der Waals surface area contributed by atoms with E-state index >= 15 is 0 Å². The molecular formula is C10H18N2O4. The third-order valence-electron chi connectivity index (χ3n) is 2.29. The Hall–Kier alpha value is -1.30. The van der Waals surface area contributed by atoms with Crippen LogP contribution < -0.4 is 10.6 Å². The van der Waals surface area contributed by atoms with Gasteiger partial charge in [0.05, 0.1) is 7.39 Å². The molecule has 0 bridgehead atoms. The molecule has 6 heteroatoms. The topological polar surface area (TPSA) is 98.7 Å². The van der Waals surface area contributed by atoms with Crippen molar-refractivity contribution < 1.29 is 21.2 Å². The summed E-state index contributed by atoms with van der Waals surface area (Å²) in [5.74, 6) is -0.690. The van der Waals surface area contributed by atoms with E-state index in [1.54, 1.807) is 6.92 Å². The zero-order valence-corrected chi connectivity index (χ0v) is 9.19. The average Bonchev–Trinajstić information content (AvgIpc) is 2.99. The van der Waals surface area contributed by atoms with Gasteiger partial charge in [0.2, 0.25) is 0 Å². The van der Waals surface area contributed by atoms with Crippen LogP contribution in [0.15, 0.2) is 0 Å². The van der Waals surface area contributed by atoms with Crippen LogP contribution in [0.1, 0.15) is 34.0 Å². The quantitative estimate of drug-likeness (QED) is 0.519. The summed E-state index contributed by atoms with van der Waals surface area (Å²) in [7, 11) is 0. The third kappa shape index (κ3) is 4.06. The number of amides is 2. The van der Waals surface area contributed by atoms with Gasteiger partial charge in [-0.15, -0.1) is 0 Å². The fourth-order valence-electron chi connectivity index (χ4n) is 1.34. The van der Waals surface area contributed by atoms with Crippen molar-refractivity contribution in [2.75, 3.05) is 0 Å². The summed E-state index contributed by atoms with van der Waals surface area (Å²) in [5, 5.41) is 22.8. The van der Waals surface area contributed by atoms with Gasteiger partial charge in [-0.1, -0.05) is 13.3 Å². The molecule has 0 aromatic heterocycles. The van der Waals surface area contributed by atoms with E-state index in [2.05, 4.69) is 5.32 Å². The fourth-order valence-corrected chi connectivity index (χ4v) is 1.34. The normalized spacial score (nSPS) is 21.5. The molecule has 0 heterocycles. The third-order valence-corrected chi connectivity index (χ3v) is 2.29. The first-order chi connectivity index (χ1) is 7.89. The summed E-state index contributed by atoms with van der Waals surface area (Å²) in [6.45, 7) is 1.75. The molecule has 1 aliphatic carbocycles. The number of hydrogen-bond donors (Lipinski definition) is 4. The number of aliphatic hydroxyl groups is 1. The van der Waals surface area contributed by atoms with Gasteiger partial charge in [0.1, 0.15) is 0 Å². The molecule has 1 unspecified atom stereocenters. The Morgan fingerprint density at radius 1 is 1.56 bits per heavy atom. The molecule has 1 rings (SSSR count). The minimum Gasteiger partial charge on any atom is -0.465 e. The van der Waals surface area contributed by atoms with Gasteiger partial charge in [0, 0.05) is 6.04 Å². The summed E-state index contributed by atoms with van der Waals surface area (Å²) in [5.41, 5.74) is 0. The number of hydrogen-bond acceptors (Lipinski definition) is 3. The Kier molecular flexibility index (Phi) is 3.98. The maximum absolute atomic E-state index is 11.6. The molecular weight excluding hydrogens is 212 g/mol. The van der Waals surface area contributed by atoms with Gasteiger partial charge in [-0.25, -0.2) is 4.79 Å². The first kappa shape index (κ1) is 11.2. The van der Waals surface area contributed by atoms with Crippen LogP contribution in [-0.2, 0) is 4.79 Å². The smallest absolute Gasteiger partial charge is 0.404 e. The van der Waals surface area contributed by atoms with Crippen molar-refractivity contribution in [1.82, 2.24) is 10.6 Å². The largest absolute Gasteiger partial charge is 0.465 e. The van der Waals surface area contributed by atoms with Crippen LogP contribution in [-0.4, -0.2) is 40.4 Å². The number of carboxylic acid groups (broad SMARTS) is 1. The molecule has 0 aromatic rings. The van der Waals surface area contributed by atoms with Crippen LogP contribution in [0.3, 0.4) is 0 Å². The monoisotopic (exact) mass is 231 g/mol. The highest BCUT2D eigenvalue weighted by molar-refractivity contribution is 5.82. The average molecular weight is 231 g/mol. The molecule has 0 radical (unpaired) electrons. The van der Waals surface area contributed by atoms with Gasteiger partial charge in [0.15, 0.2) is 6.10 Å². The lowest BCUT2D eigenvalue weighted by molar-refractivity contribution is -0.130. The van der Waals surface area contributed by atoms with Gasteiger partial charge in [0.25, 0.3) is 5.91 Å². The molecule has 1 aliphatic rings. The molecule has 6 nitrogen and oxygen atoms in total. The Bertz CT molecular complexity index is 309. The molecule has 2 atom stereocenters. The maximum atomic E-state index is 11.6. The number of rotatable bonds is 6. The minimum atomic E-state index is -1.89. The molecule has 0 aliphatic heterocycles. The maximum Gasteiger partial charge on any atom is 0.404 e. The highest BCUT2D eigenvalue weighted by Crippen LogP contribution is 2.19. The van der Waals surface area contributed by atoms with Gasteiger partial charge < -0.3 is 20.8 Å². The fraction of sp³-hybridized carbons (Fsp3) is 0.800. The molecule has 92 valence electrons. The van der Waals surface area contributed by atoms with Crippen molar-refractivity contribution in [3.63, 3.8) is 0 Å². The minimum absolute atomic E-state index is 0.0628. The summed E-state index contributed by atoms with van der Waals surface area (Å²) >= 11 is 0. The second-order valence-corrected chi connectivity index (χ2v) is 3.89. The zero-order valence-electron chi connectivity index (χ0n) is 10.2. The molecule has 0 aromatic carbocycles. The van der Waals surface area contributed by atoms with E-state index in [0.717, 1.165) is 12.8 Å². The van der Waals surface area contributed by atoms with Crippen molar-refractivity contribution in [2.24, 2.45) is 0 Å². The Morgan fingerprint density at radius 3 is 2.62 bits per heavy atom. The van der Waals surface area contributed by atoms with Gasteiger partial charge >= 0.3 is 6.09 Å². The van der Waals surface area contributed by atoms with Crippen molar-refractivity contribution in [2.45, 2.75) is 50.8 Å². The number of aliphatic hydroxyl groups excluding tert-OH is 1. The molecule has 1 fully saturated rings. The Balaban J connectivity index is 2.65. The first-order valence-electron chi connectivity index (χ1n) is 5.88. The molecule has 16 heavy (non-hydrogen) atoms. The summed E-state index contributed by atoms with van der Waals surface area (Å²) in [6, 6.07) is -1.83. The summed E-state index contributed by atoms with van der Waals surface area (Å²) < 4.78 is 7.85. The van der Waals surface area contributed by atoms with Crippen molar-refractivity contribution in [1.29, 1.82) is 0 Å². The lowest BCUT2D eigenvalue weighted by Crippen LogP contribution is -2.50. The first-order valence-corrected chi connectivity index (χ1v) is 5.38. The van der Waals surface area contributed by atoms with Crippen molar-refractivity contribution in [3.05, 3.63) is 0 Å². The second-order valence-electron chi connectivity index (χ2n) is 3.89. The van der Waals surface area contributed by atoms with E-state index in [1.807, 2.05) is 5.32 Å². The van der Waals surface area contributed by atoms with E-state index in [-0.39, 0.29) is 12.5 Å². The van der Waals surface area contributed by atoms with E-state index in [1.165, 1.54) is 0 Å². The molecule has 1 saturated carbocycles. The Morgan fingerprint density at radius 2 is 2.19 bits per heavy atom.